The molecule has 0 aromatic rings. The van der Waals surface area contributed by atoms with Gasteiger partial charge in [-0.3, -0.25) is 14.4 Å². The number of amides is 3. The number of primary amides is 1. The van der Waals surface area contributed by atoms with Gasteiger partial charge in [0.15, 0.2) is 0 Å². The monoisotopic (exact) mass is 664 g/mol. The van der Waals surface area contributed by atoms with E-state index in [2.05, 4.69) is 51.5 Å². The van der Waals surface area contributed by atoms with Crippen molar-refractivity contribution in [3.63, 3.8) is 0 Å². The Bertz CT molecular complexity index is 635. The summed E-state index contributed by atoms with van der Waals surface area (Å²) < 4.78 is 0. The third kappa shape index (κ3) is 45.5. The molecule has 7 nitrogen and oxygen atoms in total. The van der Waals surface area contributed by atoms with Crippen molar-refractivity contribution >= 4 is 53.0 Å². The lowest BCUT2D eigenvalue weighted by Crippen LogP contribution is -2.34. The minimum absolute atomic E-state index is 0.0479. The second-order valence-electron chi connectivity index (χ2n) is 9.81. The molecule has 0 rings (SSSR count). The molecule has 10 heteroatoms. The van der Waals surface area contributed by atoms with Crippen LogP contribution < -0.4 is 22.1 Å². The topological polar surface area (TPSA) is 127 Å². The number of nitrogens with one attached hydrogen (secondary N) is 2. The van der Waals surface area contributed by atoms with Gasteiger partial charge in [0, 0.05) is 48.7 Å². The number of rotatable bonds is 24. The molecule has 0 saturated carbocycles. The molecule has 0 heterocycles. The first-order valence-corrected chi connectivity index (χ1v) is 19.6. The van der Waals surface area contributed by atoms with Crippen LogP contribution in [0.15, 0.2) is 25.3 Å². The van der Waals surface area contributed by atoms with Crippen LogP contribution in [0.5, 0.6) is 0 Å². The van der Waals surface area contributed by atoms with Crippen LogP contribution in [-0.4, -0.2) is 71.9 Å². The van der Waals surface area contributed by atoms with Gasteiger partial charge in [0.1, 0.15) is 0 Å². The minimum Gasteiger partial charge on any atom is -0.369 e. The Balaban J connectivity index is -0.000000269. The van der Waals surface area contributed by atoms with Crippen LogP contribution in [0.4, 0.5) is 0 Å². The van der Waals surface area contributed by atoms with Crippen molar-refractivity contribution in [3.8, 4) is 0 Å². The van der Waals surface area contributed by atoms with Gasteiger partial charge in [-0.15, -0.1) is 6.58 Å². The highest BCUT2D eigenvalue weighted by Crippen LogP contribution is 2.15. The van der Waals surface area contributed by atoms with Gasteiger partial charge in [0.25, 0.3) is 0 Å². The number of hydrogen-bond acceptors (Lipinski definition) is 7. The fraction of sp³-hybridized carbons (Fsp3) is 0.788. The molecule has 0 spiro atoms. The third-order valence-corrected chi connectivity index (χ3v) is 8.98. The molecule has 6 N–H and O–H groups in total. The molecule has 256 valence electrons. The quantitative estimate of drug-likeness (QED) is 0.0494. The van der Waals surface area contributed by atoms with Gasteiger partial charge < -0.3 is 22.1 Å². The number of thioether (sulfide) groups is 3. The SMILES string of the molecule is C=CC(=O)NCCSCCCC.C=CCC.CCCCSCCN.CCCCSCCNC(=O)C(CC)CC(C)C(N)=O. The average molecular weight is 665 g/mol. The van der Waals surface area contributed by atoms with Crippen LogP contribution >= 0.6 is 35.3 Å². The van der Waals surface area contributed by atoms with Gasteiger partial charge in [-0.2, -0.15) is 35.3 Å². The van der Waals surface area contributed by atoms with Gasteiger partial charge in [0.05, 0.1) is 0 Å². The van der Waals surface area contributed by atoms with E-state index in [-0.39, 0.29) is 29.6 Å². The first kappa shape index (κ1) is 48.8. The van der Waals surface area contributed by atoms with E-state index in [1.54, 1.807) is 6.92 Å². The highest BCUT2D eigenvalue weighted by Gasteiger charge is 2.21. The van der Waals surface area contributed by atoms with Crippen LogP contribution in [0.3, 0.4) is 0 Å². The maximum absolute atomic E-state index is 11.9. The van der Waals surface area contributed by atoms with E-state index in [9.17, 15) is 14.4 Å². The minimum atomic E-state index is -0.332. The van der Waals surface area contributed by atoms with Crippen LogP contribution in [0.1, 0.15) is 99.3 Å². The summed E-state index contributed by atoms with van der Waals surface area (Å²) in [6, 6.07) is 0. The summed E-state index contributed by atoms with van der Waals surface area (Å²) in [5.74, 6) is 6.00. The van der Waals surface area contributed by atoms with Crippen molar-refractivity contribution in [2.75, 3.05) is 54.2 Å². The number of allylic oxidation sites excluding steroid dienone is 1. The zero-order valence-corrected chi connectivity index (χ0v) is 31.0. The van der Waals surface area contributed by atoms with Crippen LogP contribution in [0, 0.1) is 11.8 Å². The first-order valence-electron chi connectivity index (χ1n) is 16.2. The van der Waals surface area contributed by atoms with Crippen molar-refractivity contribution in [1.29, 1.82) is 0 Å². The molecule has 0 aliphatic carbocycles. The van der Waals surface area contributed by atoms with Gasteiger partial charge in [-0.05, 0) is 61.9 Å². The lowest BCUT2D eigenvalue weighted by atomic mass is 9.92. The van der Waals surface area contributed by atoms with E-state index in [4.69, 9.17) is 11.5 Å². The maximum atomic E-state index is 11.9. The molecule has 3 amide bonds. The molecule has 0 radical (unpaired) electrons. The summed E-state index contributed by atoms with van der Waals surface area (Å²) in [7, 11) is 0. The molecule has 0 bridgehead atoms. The lowest BCUT2D eigenvalue weighted by Gasteiger charge is -2.17. The zero-order chi connectivity index (χ0) is 33.6. The smallest absolute Gasteiger partial charge is 0.243 e. The zero-order valence-electron chi connectivity index (χ0n) is 28.6. The summed E-state index contributed by atoms with van der Waals surface area (Å²) in [6.07, 6.45) is 13.1. The van der Waals surface area contributed by atoms with E-state index in [0.29, 0.717) is 13.0 Å². The predicted molar refractivity (Wildman–Crippen MR) is 199 cm³/mol. The second-order valence-corrected chi connectivity index (χ2v) is 13.5. The van der Waals surface area contributed by atoms with Crippen molar-refractivity contribution in [1.82, 2.24) is 10.6 Å². The Morgan fingerprint density at radius 2 is 1.21 bits per heavy atom. The average Bonchev–Trinajstić information content (AvgIpc) is 3.01. The fourth-order valence-corrected chi connectivity index (χ4v) is 5.59. The third-order valence-electron chi connectivity index (χ3n) is 5.74. The molecule has 0 aliphatic heterocycles. The number of nitrogens with two attached hydrogens (primary N) is 2. The summed E-state index contributed by atoms with van der Waals surface area (Å²) >= 11 is 5.70. The molecular formula is C33H68N4O3S3. The summed E-state index contributed by atoms with van der Waals surface area (Å²) in [5, 5.41) is 5.67. The van der Waals surface area contributed by atoms with Crippen molar-refractivity contribution in [2.24, 2.45) is 23.3 Å². The normalized spacial score (nSPS) is 11.1. The Morgan fingerprint density at radius 3 is 1.56 bits per heavy atom. The van der Waals surface area contributed by atoms with Crippen molar-refractivity contribution < 1.29 is 14.4 Å². The van der Waals surface area contributed by atoms with E-state index in [0.717, 1.165) is 48.9 Å². The van der Waals surface area contributed by atoms with Gasteiger partial charge >= 0.3 is 0 Å². The lowest BCUT2D eigenvalue weighted by molar-refractivity contribution is -0.127. The van der Waals surface area contributed by atoms with E-state index in [1.165, 1.54) is 56.1 Å². The second kappa shape index (κ2) is 43.0. The van der Waals surface area contributed by atoms with Gasteiger partial charge in [0.2, 0.25) is 17.7 Å². The molecule has 2 unspecified atom stereocenters. The summed E-state index contributed by atoms with van der Waals surface area (Å²) in [6.45, 7) is 21.5. The molecule has 0 aromatic heterocycles. The number of carbonyl (C=O) groups is 3. The summed E-state index contributed by atoms with van der Waals surface area (Å²) in [5.41, 5.74) is 10.5. The molecular weight excluding hydrogens is 597 g/mol. The largest absolute Gasteiger partial charge is 0.369 e. The van der Waals surface area contributed by atoms with Crippen molar-refractivity contribution in [3.05, 3.63) is 25.3 Å². The van der Waals surface area contributed by atoms with Crippen molar-refractivity contribution in [2.45, 2.75) is 99.3 Å². The van der Waals surface area contributed by atoms with E-state index >= 15 is 0 Å². The van der Waals surface area contributed by atoms with E-state index in [1.807, 2.05) is 48.3 Å². The first-order chi connectivity index (χ1) is 20.7. The van der Waals surface area contributed by atoms with Crippen LogP contribution in [0.25, 0.3) is 0 Å². The van der Waals surface area contributed by atoms with Crippen LogP contribution in [-0.2, 0) is 14.4 Å². The molecule has 0 aromatic carbocycles. The fourth-order valence-electron chi connectivity index (χ4n) is 2.84. The molecule has 0 aliphatic rings. The standard InChI is InChI=1S/C14H28N2O2S.C9H17NOS.C6H15NS.C4H8/c1-4-6-8-19-9-7-16-14(18)12(5-2)10-11(3)13(15)17;1-3-5-7-12-8-6-10-9(11)4-2;1-2-3-5-8-6-4-7;1-3-4-2/h11-12H,4-10H2,1-3H3,(H2,15,17)(H,16,18);4H,2-3,5-8H2,1H3,(H,10,11);2-7H2,1H3;3H,1,4H2,2H3. The molecule has 43 heavy (non-hydrogen) atoms. The Morgan fingerprint density at radius 1 is 0.767 bits per heavy atom. The summed E-state index contributed by atoms with van der Waals surface area (Å²) in [4.78, 5) is 33.6. The van der Waals surface area contributed by atoms with Gasteiger partial charge in [-0.25, -0.2) is 0 Å². The Kier molecular flexibility index (Phi) is 48.8. The molecule has 0 saturated heterocycles. The van der Waals surface area contributed by atoms with Gasteiger partial charge in [-0.1, -0.05) is 73.5 Å². The van der Waals surface area contributed by atoms with E-state index < -0.39 is 0 Å². The Hall–Kier alpha value is -1.10. The molecule has 2 atom stereocenters. The highest BCUT2D eigenvalue weighted by molar-refractivity contribution is 7.99. The maximum Gasteiger partial charge on any atom is 0.243 e. The number of carbonyl (C=O) groups excluding carboxylic acids is 3. The molecule has 0 fully saturated rings. The number of hydrogen-bond donors (Lipinski definition) is 4. The predicted octanol–water partition coefficient (Wildman–Crippen LogP) is 7.06. The Labute approximate surface area is 279 Å². The van der Waals surface area contributed by atoms with Crippen LogP contribution in [0.2, 0.25) is 0 Å². The highest BCUT2D eigenvalue weighted by atomic mass is 32.2. The number of unbranched alkanes of at least 4 members (excludes halogenated alkanes) is 3.